The molecule has 3 heteroatoms. The Kier molecular flexibility index (Phi) is 3.82. The lowest BCUT2D eigenvalue weighted by Crippen LogP contribution is -2.70. The maximum absolute atomic E-state index is 9.88. The first-order chi connectivity index (χ1) is 12.2. The molecule has 1 heterocycles. The van der Waals surface area contributed by atoms with Gasteiger partial charge in [0, 0.05) is 17.7 Å². The monoisotopic (exact) mass is 328 g/mol. The highest BCUT2D eigenvalue weighted by molar-refractivity contribution is 5.79. The molecule has 0 spiro atoms. The van der Waals surface area contributed by atoms with Crippen molar-refractivity contribution < 1.29 is 14.5 Å². The number of nitrogens with one attached hydrogen (secondary N) is 1. The van der Waals surface area contributed by atoms with Gasteiger partial charge in [-0.05, 0) is 30.7 Å². The summed E-state index contributed by atoms with van der Waals surface area (Å²) in [5, 5.41) is 11.6. The fourth-order valence-electron chi connectivity index (χ4n) is 2.90. The van der Waals surface area contributed by atoms with E-state index in [-0.39, 0.29) is 5.75 Å². The number of aryl methyl sites for hydroxylation is 1. The van der Waals surface area contributed by atoms with Gasteiger partial charge in [-0.2, -0.15) is 0 Å². The Bertz CT molecular complexity index is 1110. The van der Waals surface area contributed by atoms with Gasteiger partial charge in [0.1, 0.15) is 17.1 Å². The van der Waals surface area contributed by atoms with Crippen molar-refractivity contribution >= 4 is 16.7 Å². The van der Waals surface area contributed by atoms with Crippen LogP contribution in [0.15, 0.2) is 83.3 Å². The molecule has 0 aliphatic heterocycles. The summed E-state index contributed by atoms with van der Waals surface area (Å²) in [7, 11) is 0. The lowest BCUT2D eigenvalue weighted by atomic mass is 10.1. The minimum Gasteiger partial charge on any atom is -0.508 e. The molecule has 0 bridgehead atoms. The van der Waals surface area contributed by atoms with Crippen molar-refractivity contribution in [1.29, 1.82) is 0 Å². The highest BCUT2D eigenvalue weighted by Crippen LogP contribution is 2.23. The molecule has 0 saturated carbocycles. The SMILES string of the molecule is Cc1cccc([NH+]=c2cc(-c3ccccc3)oc3ccc(O)cc23)c1. The fourth-order valence-corrected chi connectivity index (χ4v) is 2.90. The van der Waals surface area contributed by atoms with Gasteiger partial charge in [0.15, 0.2) is 0 Å². The van der Waals surface area contributed by atoms with E-state index in [1.807, 2.05) is 48.5 Å². The van der Waals surface area contributed by atoms with Gasteiger partial charge in [0.05, 0.1) is 11.5 Å². The van der Waals surface area contributed by atoms with Crippen LogP contribution in [0.4, 0.5) is 5.69 Å². The van der Waals surface area contributed by atoms with Gasteiger partial charge >= 0.3 is 0 Å². The molecule has 0 fully saturated rings. The Balaban J connectivity index is 2.02. The molecule has 0 saturated heterocycles. The van der Waals surface area contributed by atoms with Crippen molar-refractivity contribution in [2.45, 2.75) is 6.92 Å². The highest BCUT2D eigenvalue weighted by Gasteiger charge is 2.10. The van der Waals surface area contributed by atoms with Crippen LogP contribution in [0.25, 0.3) is 22.3 Å². The van der Waals surface area contributed by atoms with Crippen LogP contribution in [0.5, 0.6) is 5.75 Å². The molecule has 0 unspecified atom stereocenters. The molecule has 25 heavy (non-hydrogen) atoms. The number of benzene rings is 3. The van der Waals surface area contributed by atoms with Crippen LogP contribution >= 0.6 is 0 Å². The summed E-state index contributed by atoms with van der Waals surface area (Å²) in [5.41, 5.74) is 3.90. The van der Waals surface area contributed by atoms with Crippen molar-refractivity contribution in [3.63, 3.8) is 0 Å². The van der Waals surface area contributed by atoms with Crippen LogP contribution < -0.4 is 10.3 Å². The van der Waals surface area contributed by atoms with Crippen LogP contribution in [-0.4, -0.2) is 5.11 Å². The number of rotatable bonds is 2. The summed E-state index contributed by atoms with van der Waals surface area (Å²) >= 11 is 0. The maximum atomic E-state index is 9.88. The second-order valence-corrected chi connectivity index (χ2v) is 6.07. The molecule has 122 valence electrons. The molecule has 4 rings (SSSR count). The van der Waals surface area contributed by atoms with E-state index in [0.717, 1.165) is 27.8 Å². The average Bonchev–Trinajstić information content (AvgIpc) is 2.63. The number of phenols is 1. The fraction of sp³-hybridized carbons (Fsp3) is 0.0455. The first-order valence-electron chi connectivity index (χ1n) is 8.18. The molecule has 2 N–H and O–H groups in total. The second-order valence-electron chi connectivity index (χ2n) is 6.07. The van der Waals surface area contributed by atoms with E-state index in [4.69, 9.17) is 4.42 Å². The van der Waals surface area contributed by atoms with Crippen molar-refractivity contribution in [3.8, 4) is 17.1 Å². The number of fused-ring (bicyclic) bond motifs is 1. The summed E-state index contributed by atoms with van der Waals surface area (Å²) in [5.74, 6) is 0.983. The zero-order chi connectivity index (χ0) is 17.2. The van der Waals surface area contributed by atoms with Gasteiger partial charge in [-0.25, -0.2) is 4.99 Å². The number of hydrogen-bond donors (Lipinski definition) is 2. The van der Waals surface area contributed by atoms with Gasteiger partial charge in [-0.3, -0.25) is 0 Å². The van der Waals surface area contributed by atoms with Crippen LogP contribution in [0, 0.1) is 6.92 Å². The summed E-state index contributed by atoms with van der Waals surface area (Å²) in [6, 6.07) is 25.3. The average molecular weight is 328 g/mol. The van der Waals surface area contributed by atoms with Gasteiger partial charge in [-0.15, -0.1) is 0 Å². The Morgan fingerprint density at radius 3 is 2.48 bits per heavy atom. The quantitative estimate of drug-likeness (QED) is 0.592. The van der Waals surface area contributed by atoms with Crippen LogP contribution in [0.3, 0.4) is 0 Å². The van der Waals surface area contributed by atoms with Crippen molar-refractivity contribution in [2.75, 3.05) is 0 Å². The Morgan fingerprint density at radius 1 is 0.840 bits per heavy atom. The van der Waals surface area contributed by atoms with Crippen molar-refractivity contribution in [3.05, 3.63) is 89.8 Å². The number of aromatic hydroxyl groups is 1. The predicted octanol–water partition coefficient (Wildman–Crippen LogP) is 3.43. The van der Waals surface area contributed by atoms with Gasteiger partial charge in [-0.1, -0.05) is 42.5 Å². The van der Waals surface area contributed by atoms with Gasteiger partial charge in [0.25, 0.3) is 0 Å². The third-order valence-electron chi connectivity index (χ3n) is 4.10. The Morgan fingerprint density at radius 2 is 1.68 bits per heavy atom. The molecule has 0 radical (unpaired) electrons. The molecular formula is C22H18NO2+. The molecule has 3 nitrogen and oxygen atoms in total. The Hall–Kier alpha value is -3.33. The van der Waals surface area contributed by atoms with Crippen LogP contribution in [-0.2, 0) is 0 Å². The zero-order valence-electron chi connectivity index (χ0n) is 13.9. The highest BCUT2D eigenvalue weighted by atomic mass is 16.3. The standard InChI is InChI=1S/C22H17NO2/c1-15-6-5-9-17(12-15)23-20-14-22(16-7-3-2-4-8-16)25-21-11-10-18(24)13-19(20)21/h2-14,24H,1H3/p+1. The van der Waals surface area contributed by atoms with E-state index < -0.39 is 0 Å². The van der Waals surface area contributed by atoms with Crippen molar-refractivity contribution in [2.24, 2.45) is 0 Å². The largest absolute Gasteiger partial charge is 0.508 e. The third kappa shape index (κ3) is 3.17. The first kappa shape index (κ1) is 15.2. The molecule has 0 atom stereocenters. The minimum absolute atomic E-state index is 0.211. The predicted molar refractivity (Wildman–Crippen MR) is 98.3 cm³/mol. The van der Waals surface area contributed by atoms with Gasteiger partial charge < -0.3 is 9.52 Å². The molecule has 0 amide bonds. The van der Waals surface area contributed by atoms with Crippen LogP contribution in [0.1, 0.15) is 5.56 Å². The minimum atomic E-state index is 0.211. The van der Waals surface area contributed by atoms with E-state index in [9.17, 15) is 5.11 Å². The number of hydrogen-bond acceptors (Lipinski definition) is 2. The third-order valence-corrected chi connectivity index (χ3v) is 4.10. The summed E-state index contributed by atoms with van der Waals surface area (Å²) in [6.45, 7) is 2.06. The van der Waals surface area contributed by atoms with Gasteiger partial charge in [0.2, 0.25) is 11.0 Å². The van der Waals surface area contributed by atoms with E-state index in [0.29, 0.717) is 5.58 Å². The normalized spacial score (nSPS) is 11.8. The molecule has 0 aliphatic carbocycles. The van der Waals surface area contributed by atoms with Crippen molar-refractivity contribution in [1.82, 2.24) is 0 Å². The van der Waals surface area contributed by atoms with E-state index in [1.54, 1.807) is 18.2 Å². The topological polar surface area (TPSA) is 47.3 Å². The summed E-state index contributed by atoms with van der Waals surface area (Å²) in [4.78, 5) is 3.45. The molecule has 4 aromatic rings. The van der Waals surface area contributed by atoms with E-state index in [2.05, 4.69) is 24.0 Å². The molecule has 1 aromatic heterocycles. The smallest absolute Gasteiger partial charge is 0.218 e. The molecule has 3 aromatic carbocycles. The number of phenolic OH excluding ortho intramolecular Hbond substituents is 1. The molecular weight excluding hydrogens is 310 g/mol. The first-order valence-corrected chi connectivity index (χ1v) is 8.18. The zero-order valence-corrected chi connectivity index (χ0v) is 13.9. The maximum Gasteiger partial charge on any atom is 0.218 e. The second kappa shape index (κ2) is 6.29. The molecule has 0 aliphatic rings. The van der Waals surface area contributed by atoms with Crippen LogP contribution in [0.2, 0.25) is 0 Å². The lowest BCUT2D eigenvalue weighted by molar-refractivity contribution is -0.400. The van der Waals surface area contributed by atoms with E-state index in [1.165, 1.54) is 5.56 Å². The summed E-state index contributed by atoms with van der Waals surface area (Å²) < 4.78 is 6.05. The Labute approximate surface area is 145 Å². The lowest BCUT2D eigenvalue weighted by Gasteiger charge is -2.03. The summed E-state index contributed by atoms with van der Waals surface area (Å²) in [6.07, 6.45) is 0. The van der Waals surface area contributed by atoms with E-state index >= 15 is 0 Å².